The van der Waals surface area contributed by atoms with E-state index >= 15 is 0 Å². The molecule has 1 aliphatic rings. The third kappa shape index (κ3) is 3.21. The zero-order valence-electron chi connectivity index (χ0n) is 12.7. The summed E-state index contributed by atoms with van der Waals surface area (Å²) in [4.78, 5) is 25.3. The quantitative estimate of drug-likeness (QED) is 0.531. The molecule has 0 spiro atoms. The van der Waals surface area contributed by atoms with Gasteiger partial charge >= 0.3 is 12.8 Å². The molecule has 0 aromatic rings. The van der Waals surface area contributed by atoms with Gasteiger partial charge in [0.2, 0.25) is 0 Å². The molecule has 8 heteroatoms. The standard InChI is InChI=1S/C12H23N2O4PS/c1-6-9(4)20-19(17,18-8-3)14-10(7-2)11(15)13(5)12(14)16/h9-10H,6-8H2,1-5H3. The normalized spacial score (nSPS) is 24.1. The molecule has 0 saturated carbocycles. The van der Waals surface area contributed by atoms with Crippen molar-refractivity contribution in [3.63, 3.8) is 0 Å². The Balaban J connectivity index is 3.15. The van der Waals surface area contributed by atoms with E-state index in [0.29, 0.717) is 6.42 Å². The van der Waals surface area contributed by atoms with Gasteiger partial charge < -0.3 is 4.52 Å². The lowest BCUT2D eigenvalue weighted by Crippen LogP contribution is -2.32. The van der Waals surface area contributed by atoms with Crippen LogP contribution < -0.4 is 0 Å². The van der Waals surface area contributed by atoms with Gasteiger partial charge in [0.15, 0.2) is 0 Å². The number of rotatable bonds is 7. The largest absolute Gasteiger partial charge is 0.358 e. The van der Waals surface area contributed by atoms with Gasteiger partial charge in [0, 0.05) is 12.3 Å². The summed E-state index contributed by atoms with van der Waals surface area (Å²) < 4.78 is 19.7. The van der Waals surface area contributed by atoms with Crippen molar-refractivity contribution in [2.45, 2.75) is 51.8 Å². The van der Waals surface area contributed by atoms with E-state index < -0.39 is 18.8 Å². The fraction of sp³-hybridized carbons (Fsp3) is 0.833. The number of hydrogen-bond acceptors (Lipinski definition) is 5. The molecule has 1 heterocycles. The van der Waals surface area contributed by atoms with Crippen LogP contribution in [-0.4, -0.2) is 46.5 Å². The molecule has 6 nitrogen and oxygen atoms in total. The van der Waals surface area contributed by atoms with Gasteiger partial charge in [0.25, 0.3) is 5.91 Å². The molecule has 1 saturated heterocycles. The second-order valence-electron chi connectivity index (χ2n) is 4.66. The molecule has 3 unspecified atom stereocenters. The molecule has 0 N–H and O–H groups in total. The molecule has 0 aromatic heterocycles. The van der Waals surface area contributed by atoms with E-state index in [1.807, 2.05) is 13.8 Å². The van der Waals surface area contributed by atoms with Crippen molar-refractivity contribution in [3.8, 4) is 0 Å². The van der Waals surface area contributed by atoms with Crippen molar-refractivity contribution in [2.75, 3.05) is 13.7 Å². The molecule has 116 valence electrons. The highest BCUT2D eigenvalue weighted by atomic mass is 32.7. The van der Waals surface area contributed by atoms with Gasteiger partial charge in [-0.25, -0.2) is 9.46 Å². The Bertz CT molecular complexity index is 432. The lowest BCUT2D eigenvalue weighted by molar-refractivity contribution is -0.127. The van der Waals surface area contributed by atoms with Crippen molar-refractivity contribution in [2.24, 2.45) is 0 Å². The number of hydrogen-bond donors (Lipinski definition) is 0. The van der Waals surface area contributed by atoms with Crippen LogP contribution in [0, 0.1) is 0 Å². The summed E-state index contributed by atoms with van der Waals surface area (Å²) in [5.41, 5.74) is 0. The van der Waals surface area contributed by atoms with Gasteiger partial charge in [-0.15, -0.1) is 0 Å². The Morgan fingerprint density at radius 1 is 1.35 bits per heavy atom. The Morgan fingerprint density at radius 3 is 2.40 bits per heavy atom. The molecular formula is C12H23N2O4PS. The molecule has 20 heavy (non-hydrogen) atoms. The van der Waals surface area contributed by atoms with Gasteiger partial charge in [-0.3, -0.25) is 14.3 Å². The van der Waals surface area contributed by atoms with Crippen molar-refractivity contribution in [3.05, 3.63) is 0 Å². The van der Waals surface area contributed by atoms with Crippen LogP contribution >= 0.6 is 18.1 Å². The van der Waals surface area contributed by atoms with E-state index in [2.05, 4.69) is 0 Å². The summed E-state index contributed by atoms with van der Waals surface area (Å²) >= 11 is 1.16. The predicted octanol–water partition coefficient (Wildman–Crippen LogP) is 3.34. The number of likely N-dealkylation sites (N-methyl/N-ethyl adjacent to an activating group) is 1. The number of amides is 3. The fourth-order valence-corrected chi connectivity index (χ4v) is 7.27. The van der Waals surface area contributed by atoms with Gasteiger partial charge in [-0.05, 0) is 31.1 Å². The van der Waals surface area contributed by atoms with E-state index in [9.17, 15) is 14.2 Å². The third-order valence-electron chi connectivity index (χ3n) is 3.22. The van der Waals surface area contributed by atoms with E-state index in [1.165, 1.54) is 7.05 Å². The number of nitrogens with zero attached hydrogens (tertiary/aromatic N) is 2. The first kappa shape index (κ1) is 17.5. The lowest BCUT2D eigenvalue weighted by atomic mass is 10.2. The molecule has 3 amide bonds. The molecular weight excluding hydrogens is 299 g/mol. The third-order valence-corrected chi connectivity index (χ3v) is 8.47. The number of imide groups is 1. The minimum absolute atomic E-state index is 0.0821. The zero-order valence-corrected chi connectivity index (χ0v) is 14.4. The first-order valence-corrected chi connectivity index (χ1v) is 9.92. The van der Waals surface area contributed by atoms with Gasteiger partial charge in [0.1, 0.15) is 6.04 Å². The maximum absolute atomic E-state index is 13.1. The van der Waals surface area contributed by atoms with Gasteiger partial charge in [0.05, 0.1) is 6.61 Å². The predicted molar refractivity (Wildman–Crippen MR) is 80.7 cm³/mol. The van der Waals surface area contributed by atoms with Crippen molar-refractivity contribution in [1.82, 2.24) is 9.57 Å². The van der Waals surface area contributed by atoms with Crippen molar-refractivity contribution < 1.29 is 18.7 Å². The van der Waals surface area contributed by atoms with Crippen LogP contribution in [0.2, 0.25) is 0 Å². The summed E-state index contributed by atoms with van der Waals surface area (Å²) in [5, 5.41) is 0.0821. The summed E-state index contributed by atoms with van der Waals surface area (Å²) in [7, 11) is 1.41. The average Bonchev–Trinajstić information content (AvgIpc) is 2.63. The summed E-state index contributed by atoms with van der Waals surface area (Å²) in [6.07, 6.45) is 1.23. The summed E-state index contributed by atoms with van der Waals surface area (Å²) in [5.74, 6) is -0.317. The Kier molecular flexibility index (Phi) is 6.10. The van der Waals surface area contributed by atoms with Crippen LogP contribution in [0.15, 0.2) is 0 Å². The van der Waals surface area contributed by atoms with Crippen LogP contribution in [0.4, 0.5) is 4.79 Å². The zero-order chi connectivity index (χ0) is 15.5. The highest BCUT2D eigenvalue weighted by molar-refractivity contribution is 8.56. The number of carbonyl (C=O) groups is 2. The van der Waals surface area contributed by atoms with Crippen LogP contribution in [0.25, 0.3) is 0 Å². The molecule has 0 aliphatic carbocycles. The number of carbonyl (C=O) groups excluding carboxylic acids is 2. The van der Waals surface area contributed by atoms with Gasteiger partial charge in [-0.2, -0.15) is 0 Å². The topological polar surface area (TPSA) is 66.9 Å². The van der Waals surface area contributed by atoms with Crippen LogP contribution in [0.1, 0.15) is 40.5 Å². The Labute approximate surface area is 124 Å². The molecule has 1 rings (SSSR count). The van der Waals surface area contributed by atoms with Gasteiger partial charge in [-0.1, -0.05) is 20.8 Å². The second-order valence-corrected chi connectivity index (χ2v) is 9.32. The minimum atomic E-state index is -3.41. The molecule has 3 atom stereocenters. The van der Waals surface area contributed by atoms with E-state index in [1.54, 1.807) is 13.8 Å². The van der Waals surface area contributed by atoms with Crippen LogP contribution in [-0.2, 0) is 13.9 Å². The fourth-order valence-electron chi connectivity index (χ4n) is 1.94. The highest BCUT2D eigenvalue weighted by Crippen LogP contribution is 2.66. The highest BCUT2D eigenvalue weighted by Gasteiger charge is 2.52. The van der Waals surface area contributed by atoms with Crippen LogP contribution in [0.3, 0.4) is 0 Å². The monoisotopic (exact) mass is 322 g/mol. The second kappa shape index (κ2) is 6.96. The Morgan fingerprint density at radius 2 is 1.95 bits per heavy atom. The average molecular weight is 322 g/mol. The first-order chi connectivity index (χ1) is 9.32. The molecule has 0 aromatic carbocycles. The van der Waals surface area contributed by atoms with E-state index in [-0.39, 0.29) is 17.8 Å². The molecule has 1 aliphatic heterocycles. The molecule has 0 bridgehead atoms. The van der Waals surface area contributed by atoms with Crippen molar-refractivity contribution >= 4 is 30.0 Å². The Hall–Kier alpha value is -0.520. The van der Waals surface area contributed by atoms with E-state index in [0.717, 1.165) is 27.4 Å². The number of urea groups is 1. The smallest absolute Gasteiger partial charge is 0.306 e. The first-order valence-electron chi connectivity index (χ1n) is 6.86. The molecule has 0 radical (unpaired) electrons. The summed E-state index contributed by atoms with van der Waals surface area (Å²) in [6.45, 7) is 4.27. The minimum Gasteiger partial charge on any atom is -0.306 e. The SMILES string of the molecule is CCOP(=O)(SC(C)CC)N1C(=O)N(C)C(=O)C1CC. The van der Waals surface area contributed by atoms with Crippen molar-refractivity contribution in [1.29, 1.82) is 0 Å². The lowest BCUT2D eigenvalue weighted by Gasteiger charge is -2.30. The summed E-state index contributed by atoms with van der Waals surface area (Å²) in [6, 6.07) is -1.23. The molecule has 1 fully saturated rings. The van der Waals surface area contributed by atoms with E-state index in [4.69, 9.17) is 4.52 Å². The maximum atomic E-state index is 13.1. The maximum Gasteiger partial charge on any atom is 0.358 e. The van der Waals surface area contributed by atoms with Crippen LogP contribution in [0.5, 0.6) is 0 Å².